The summed E-state index contributed by atoms with van der Waals surface area (Å²) >= 11 is 0. The van der Waals surface area contributed by atoms with E-state index in [-0.39, 0.29) is 11.6 Å². The molecule has 4 heteroatoms. The molecule has 1 aromatic rings. The second kappa shape index (κ2) is 9.52. The van der Waals surface area contributed by atoms with E-state index < -0.39 is 8.32 Å². The molecule has 0 saturated heterocycles. The lowest BCUT2D eigenvalue weighted by Gasteiger charge is -2.42. The SMILES string of the molecule is CC(C)C(C)(C)[Si](C)(C)OC/C(=C\CO)COCc1ccccc1. The summed E-state index contributed by atoms with van der Waals surface area (Å²) in [6, 6.07) is 10.1. The maximum atomic E-state index is 9.25. The van der Waals surface area contributed by atoms with Gasteiger partial charge in [0.05, 0.1) is 26.4 Å². The molecule has 0 atom stereocenters. The maximum Gasteiger partial charge on any atom is 0.193 e. The Labute approximate surface area is 148 Å². The van der Waals surface area contributed by atoms with Crippen molar-refractivity contribution >= 4 is 8.32 Å². The van der Waals surface area contributed by atoms with Crippen molar-refractivity contribution in [2.75, 3.05) is 19.8 Å². The van der Waals surface area contributed by atoms with Crippen LogP contribution in [-0.4, -0.2) is 33.2 Å². The van der Waals surface area contributed by atoms with Gasteiger partial charge in [-0.1, -0.05) is 64.1 Å². The lowest BCUT2D eigenvalue weighted by molar-refractivity contribution is 0.133. The van der Waals surface area contributed by atoms with Gasteiger partial charge in [0.1, 0.15) is 0 Å². The lowest BCUT2D eigenvalue weighted by Crippen LogP contribution is -2.45. The fraction of sp³-hybridized carbons (Fsp3) is 0.600. The van der Waals surface area contributed by atoms with E-state index in [1.165, 1.54) is 0 Å². The molecule has 0 aliphatic carbocycles. The van der Waals surface area contributed by atoms with Crippen LogP contribution in [0.15, 0.2) is 42.0 Å². The first kappa shape index (κ1) is 21.1. The summed E-state index contributed by atoms with van der Waals surface area (Å²) in [6.45, 7) is 15.3. The standard InChI is InChI=1S/C20H34O3Si/c1-17(2)20(3,4)24(5,6)23-16-19(12-13-21)15-22-14-18-10-8-7-9-11-18/h7-12,17,21H,13-16H2,1-6H3/b19-12-. The second-order valence-electron chi connectivity index (χ2n) is 7.70. The summed E-state index contributed by atoms with van der Waals surface area (Å²) < 4.78 is 12.1. The molecule has 0 heterocycles. The Morgan fingerprint density at radius 2 is 1.79 bits per heavy atom. The summed E-state index contributed by atoms with van der Waals surface area (Å²) in [7, 11) is -1.87. The van der Waals surface area contributed by atoms with E-state index in [0.29, 0.717) is 25.7 Å². The third-order valence-corrected chi connectivity index (χ3v) is 9.94. The van der Waals surface area contributed by atoms with Gasteiger partial charge in [0.2, 0.25) is 0 Å². The van der Waals surface area contributed by atoms with Crippen LogP contribution in [0.4, 0.5) is 0 Å². The van der Waals surface area contributed by atoms with E-state index in [9.17, 15) is 5.11 Å². The predicted octanol–water partition coefficient (Wildman–Crippen LogP) is 4.78. The quantitative estimate of drug-likeness (QED) is 0.487. The minimum absolute atomic E-state index is 0.0168. The first-order valence-electron chi connectivity index (χ1n) is 8.75. The van der Waals surface area contributed by atoms with E-state index in [4.69, 9.17) is 9.16 Å². The van der Waals surface area contributed by atoms with Crippen molar-refractivity contribution in [2.24, 2.45) is 5.92 Å². The zero-order valence-corrected chi connectivity index (χ0v) is 17.1. The number of benzene rings is 1. The topological polar surface area (TPSA) is 38.7 Å². The van der Waals surface area contributed by atoms with Crippen LogP contribution in [0.2, 0.25) is 18.1 Å². The van der Waals surface area contributed by atoms with Crippen molar-refractivity contribution in [3.8, 4) is 0 Å². The van der Waals surface area contributed by atoms with Gasteiger partial charge in [-0.2, -0.15) is 0 Å². The van der Waals surface area contributed by atoms with Gasteiger partial charge < -0.3 is 14.3 Å². The molecule has 0 unspecified atom stereocenters. The number of ether oxygens (including phenoxy) is 1. The molecule has 1 aromatic carbocycles. The molecule has 0 spiro atoms. The Kier molecular flexibility index (Phi) is 8.37. The zero-order chi connectivity index (χ0) is 18.2. The van der Waals surface area contributed by atoms with Crippen molar-refractivity contribution in [1.29, 1.82) is 0 Å². The molecule has 136 valence electrons. The molecule has 0 amide bonds. The summed E-state index contributed by atoms with van der Waals surface area (Å²) in [4.78, 5) is 0. The molecule has 1 N–H and O–H groups in total. The van der Waals surface area contributed by atoms with Crippen LogP contribution in [0, 0.1) is 5.92 Å². The van der Waals surface area contributed by atoms with Crippen LogP contribution in [0.3, 0.4) is 0 Å². The second-order valence-corrected chi connectivity index (χ2v) is 12.3. The van der Waals surface area contributed by atoms with Crippen molar-refractivity contribution in [3.05, 3.63) is 47.5 Å². The van der Waals surface area contributed by atoms with E-state index in [2.05, 4.69) is 40.8 Å². The number of hydrogen-bond acceptors (Lipinski definition) is 3. The largest absolute Gasteiger partial charge is 0.413 e. The molecular weight excluding hydrogens is 316 g/mol. The van der Waals surface area contributed by atoms with E-state index >= 15 is 0 Å². The Morgan fingerprint density at radius 1 is 1.17 bits per heavy atom. The Bertz CT molecular complexity index is 507. The molecule has 1 rings (SSSR count). The normalized spacial score (nSPS) is 13.6. The summed E-state index contributed by atoms with van der Waals surface area (Å²) in [6.07, 6.45) is 1.80. The smallest absolute Gasteiger partial charge is 0.193 e. The van der Waals surface area contributed by atoms with Gasteiger partial charge in [-0.15, -0.1) is 0 Å². The Balaban J connectivity index is 2.56. The number of aliphatic hydroxyl groups excluding tert-OH is 1. The summed E-state index contributed by atoms with van der Waals surface area (Å²) in [5.74, 6) is 0.568. The highest BCUT2D eigenvalue weighted by Crippen LogP contribution is 2.44. The molecule has 0 radical (unpaired) electrons. The van der Waals surface area contributed by atoms with Gasteiger partial charge in [-0.3, -0.25) is 0 Å². The summed E-state index contributed by atoms with van der Waals surface area (Å²) in [5.41, 5.74) is 2.16. The zero-order valence-electron chi connectivity index (χ0n) is 16.1. The van der Waals surface area contributed by atoms with Crippen LogP contribution in [0.25, 0.3) is 0 Å². The van der Waals surface area contributed by atoms with Crippen LogP contribution in [0.5, 0.6) is 0 Å². The van der Waals surface area contributed by atoms with Gasteiger partial charge in [0.25, 0.3) is 0 Å². The van der Waals surface area contributed by atoms with Crippen LogP contribution < -0.4 is 0 Å². The fourth-order valence-corrected chi connectivity index (χ4v) is 4.63. The maximum absolute atomic E-state index is 9.25. The van der Waals surface area contributed by atoms with Crippen LogP contribution in [-0.2, 0) is 15.8 Å². The average Bonchev–Trinajstić information content (AvgIpc) is 2.53. The Morgan fingerprint density at radius 3 is 2.33 bits per heavy atom. The van der Waals surface area contributed by atoms with E-state index in [1.54, 1.807) is 6.08 Å². The molecule has 24 heavy (non-hydrogen) atoms. The highest BCUT2D eigenvalue weighted by Gasteiger charge is 2.43. The highest BCUT2D eigenvalue weighted by molar-refractivity contribution is 6.74. The lowest BCUT2D eigenvalue weighted by atomic mass is 9.99. The van der Waals surface area contributed by atoms with Crippen LogP contribution in [0.1, 0.15) is 33.3 Å². The van der Waals surface area contributed by atoms with Crippen LogP contribution >= 0.6 is 0 Å². The first-order valence-corrected chi connectivity index (χ1v) is 11.7. The van der Waals surface area contributed by atoms with Gasteiger partial charge in [0.15, 0.2) is 8.32 Å². The molecule has 0 aliphatic heterocycles. The third-order valence-electron chi connectivity index (χ3n) is 5.39. The third kappa shape index (κ3) is 6.17. The van der Waals surface area contributed by atoms with Gasteiger partial charge in [-0.05, 0) is 35.2 Å². The van der Waals surface area contributed by atoms with Crippen molar-refractivity contribution < 1.29 is 14.3 Å². The van der Waals surface area contributed by atoms with Gasteiger partial charge >= 0.3 is 0 Å². The highest BCUT2D eigenvalue weighted by atomic mass is 28.4. The molecule has 0 aliphatic rings. The van der Waals surface area contributed by atoms with E-state index in [0.717, 1.165) is 11.1 Å². The van der Waals surface area contributed by atoms with Crippen molar-refractivity contribution in [3.63, 3.8) is 0 Å². The average molecular weight is 351 g/mol. The molecule has 0 saturated carbocycles. The minimum Gasteiger partial charge on any atom is -0.413 e. The molecule has 3 nitrogen and oxygen atoms in total. The van der Waals surface area contributed by atoms with Crippen molar-refractivity contribution in [2.45, 2.75) is 52.4 Å². The summed E-state index contributed by atoms with van der Waals surface area (Å²) in [5, 5.41) is 9.44. The number of aliphatic hydroxyl groups is 1. The molecule has 0 aromatic heterocycles. The van der Waals surface area contributed by atoms with Crippen molar-refractivity contribution in [1.82, 2.24) is 0 Å². The first-order chi connectivity index (χ1) is 11.2. The minimum atomic E-state index is -1.87. The van der Waals surface area contributed by atoms with Gasteiger partial charge in [-0.25, -0.2) is 0 Å². The monoisotopic (exact) mass is 350 g/mol. The van der Waals surface area contributed by atoms with Gasteiger partial charge in [0, 0.05) is 0 Å². The predicted molar refractivity (Wildman–Crippen MR) is 104 cm³/mol. The number of rotatable bonds is 10. The van der Waals surface area contributed by atoms with E-state index in [1.807, 2.05) is 30.3 Å². The number of hydrogen-bond donors (Lipinski definition) is 1. The fourth-order valence-electron chi connectivity index (χ4n) is 2.32. The molecule has 0 bridgehead atoms. The molecule has 0 fully saturated rings. The Hall–Kier alpha value is -0.943. The molecular formula is C20H34O3Si.